The molecule has 4 rings (SSSR count). The molecule has 1 N–H and O–H groups in total. The molecule has 0 saturated carbocycles. The fraction of sp³-hybridized carbons (Fsp3) is 0.278. The first-order valence-corrected chi connectivity index (χ1v) is 7.42. The van der Waals surface area contributed by atoms with Gasteiger partial charge in [0.25, 0.3) is 0 Å². The number of anilines is 1. The molecule has 0 radical (unpaired) electrons. The van der Waals surface area contributed by atoms with Gasteiger partial charge in [0.15, 0.2) is 11.5 Å². The van der Waals surface area contributed by atoms with Crippen molar-refractivity contribution in [2.45, 2.75) is 26.2 Å². The van der Waals surface area contributed by atoms with Crippen LogP contribution in [0.2, 0.25) is 0 Å². The number of amides is 1. The van der Waals surface area contributed by atoms with Gasteiger partial charge < -0.3 is 14.8 Å². The van der Waals surface area contributed by atoms with E-state index in [0.29, 0.717) is 12.2 Å². The maximum Gasteiger partial charge on any atom is 0.231 e. The van der Waals surface area contributed by atoms with Crippen LogP contribution >= 0.6 is 0 Å². The summed E-state index contributed by atoms with van der Waals surface area (Å²) in [4.78, 5) is 12.1. The fourth-order valence-electron chi connectivity index (χ4n) is 3.26. The van der Waals surface area contributed by atoms with E-state index in [4.69, 9.17) is 9.47 Å². The summed E-state index contributed by atoms with van der Waals surface area (Å²) in [5, 5.41) is 2.95. The molecule has 0 aliphatic carbocycles. The lowest BCUT2D eigenvalue weighted by molar-refractivity contribution is -0.116. The van der Waals surface area contributed by atoms with Crippen LogP contribution in [0.25, 0.3) is 0 Å². The van der Waals surface area contributed by atoms with Crippen molar-refractivity contribution in [2.24, 2.45) is 0 Å². The van der Waals surface area contributed by atoms with Crippen molar-refractivity contribution < 1.29 is 14.3 Å². The zero-order chi connectivity index (χ0) is 15.3. The molecule has 0 spiro atoms. The van der Waals surface area contributed by atoms with Crippen LogP contribution < -0.4 is 14.8 Å². The Labute approximate surface area is 129 Å². The van der Waals surface area contributed by atoms with E-state index in [1.54, 1.807) is 0 Å². The van der Waals surface area contributed by atoms with Gasteiger partial charge in [0.1, 0.15) is 0 Å². The standard InChI is InChI=1S/C18H17NO3/c1-10-3-4-11(2)12(5-10)13-7-18(20)19-15-8-17-16(6-14(13)15)21-9-22-17/h3-6,8,13H,7,9H2,1-2H3,(H,19,20)/t13-/m1/s1. The normalized spacial score (nSPS) is 18.8. The Bertz CT molecular complexity index is 782. The lowest BCUT2D eigenvalue weighted by atomic mass is 9.82. The molecule has 2 aromatic rings. The molecular formula is C18H17NO3. The average molecular weight is 295 g/mol. The number of carbonyl (C=O) groups excluding carboxylic acids is 1. The number of hydrogen-bond donors (Lipinski definition) is 1. The van der Waals surface area contributed by atoms with Gasteiger partial charge in [0.05, 0.1) is 0 Å². The number of carbonyl (C=O) groups is 1. The second kappa shape index (κ2) is 4.77. The molecule has 1 atom stereocenters. The van der Waals surface area contributed by atoms with Crippen molar-refractivity contribution in [3.63, 3.8) is 0 Å². The van der Waals surface area contributed by atoms with Gasteiger partial charge in [-0.25, -0.2) is 0 Å². The first-order valence-electron chi connectivity index (χ1n) is 7.42. The highest BCUT2D eigenvalue weighted by Gasteiger charge is 2.30. The molecule has 0 aromatic heterocycles. The fourth-order valence-corrected chi connectivity index (χ4v) is 3.26. The molecule has 22 heavy (non-hydrogen) atoms. The van der Waals surface area contributed by atoms with E-state index in [-0.39, 0.29) is 18.6 Å². The third kappa shape index (κ3) is 2.03. The molecule has 1 amide bonds. The number of benzene rings is 2. The lowest BCUT2D eigenvalue weighted by Crippen LogP contribution is -2.24. The van der Waals surface area contributed by atoms with E-state index in [1.807, 2.05) is 12.1 Å². The van der Waals surface area contributed by atoms with Gasteiger partial charge in [-0.15, -0.1) is 0 Å². The number of nitrogens with one attached hydrogen (secondary N) is 1. The minimum absolute atomic E-state index is 0.0391. The summed E-state index contributed by atoms with van der Waals surface area (Å²) in [6, 6.07) is 10.3. The van der Waals surface area contributed by atoms with Gasteiger partial charge in [-0.3, -0.25) is 4.79 Å². The minimum Gasteiger partial charge on any atom is -0.454 e. The second-order valence-corrected chi connectivity index (χ2v) is 5.96. The SMILES string of the molecule is Cc1ccc(C)c([C@H]2CC(=O)Nc3cc4c(cc32)OCO4)c1. The molecule has 2 aliphatic rings. The monoisotopic (exact) mass is 295 g/mol. The molecule has 0 bridgehead atoms. The number of hydrogen-bond acceptors (Lipinski definition) is 3. The van der Waals surface area contributed by atoms with E-state index in [9.17, 15) is 4.79 Å². The Kier molecular flexibility index (Phi) is 2.86. The summed E-state index contributed by atoms with van der Waals surface area (Å²) in [6.07, 6.45) is 0.455. The molecular weight excluding hydrogens is 278 g/mol. The van der Waals surface area contributed by atoms with Crippen LogP contribution in [0.5, 0.6) is 11.5 Å². The van der Waals surface area contributed by atoms with Gasteiger partial charge in [0, 0.05) is 24.1 Å². The number of rotatable bonds is 1. The van der Waals surface area contributed by atoms with Gasteiger partial charge in [-0.1, -0.05) is 23.8 Å². The molecule has 112 valence electrons. The van der Waals surface area contributed by atoms with Crippen LogP contribution in [0.3, 0.4) is 0 Å². The minimum atomic E-state index is 0.0391. The number of aryl methyl sites for hydroxylation is 2. The van der Waals surface area contributed by atoms with Crippen LogP contribution in [0, 0.1) is 13.8 Å². The topological polar surface area (TPSA) is 47.6 Å². The zero-order valence-corrected chi connectivity index (χ0v) is 12.6. The van der Waals surface area contributed by atoms with Crippen LogP contribution in [0.1, 0.15) is 34.6 Å². The molecule has 2 aliphatic heterocycles. The first-order chi connectivity index (χ1) is 10.6. The largest absolute Gasteiger partial charge is 0.454 e. The van der Waals surface area contributed by atoms with Crippen molar-refractivity contribution in [3.8, 4) is 11.5 Å². The lowest BCUT2D eigenvalue weighted by Gasteiger charge is -2.27. The molecule has 0 unspecified atom stereocenters. The quantitative estimate of drug-likeness (QED) is 0.876. The van der Waals surface area contributed by atoms with E-state index < -0.39 is 0 Å². The van der Waals surface area contributed by atoms with Gasteiger partial charge in [-0.2, -0.15) is 0 Å². The van der Waals surface area contributed by atoms with Crippen LogP contribution in [0.15, 0.2) is 30.3 Å². The summed E-state index contributed by atoms with van der Waals surface area (Å²) in [5.74, 6) is 1.54. The summed E-state index contributed by atoms with van der Waals surface area (Å²) in [6.45, 7) is 4.40. The Hall–Kier alpha value is -2.49. The first kappa shape index (κ1) is 13.2. The van der Waals surface area contributed by atoms with Crippen molar-refractivity contribution in [1.29, 1.82) is 0 Å². The van der Waals surface area contributed by atoms with Crippen molar-refractivity contribution in [1.82, 2.24) is 0 Å². The highest BCUT2D eigenvalue weighted by atomic mass is 16.7. The Morgan fingerprint density at radius 1 is 1.05 bits per heavy atom. The number of fused-ring (bicyclic) bond motifs is 2. The predicted octanol–water partition coefficient (Wildman–Crippen LogP) is 3.51. The predicted molar refractivity (Wildman–Crippen MR) is 83.6 cm³/mol. The van der Waals surface area contributed by atoms with E-state index >= 15 is 0 Å². The molecule has 4 nitrogen and oxygen atoms in total. The maximum absolute atomic E-state index is 12.1. The molecule has 0 saturated heterocycles. The zero-order valence-electron chi connectivity index (χ0n) is 12.6. The summed E-state index contributed by atoms with van der Waals surface area (Å²) in [7, 11) is 0. The highest BCUT2D eigenvalue weighted by molar-refractivity contribution is 5.96. The van der Waals surface area contributed by atoms with Crippen molar-refractivity contribution in [2.75, 3.05) is 12.1 Å². The van der Waals surface area contributed by atoms with E-state index in [1.165, 1.54) is 16.7 Å². The van der Waals surface area contributed by atoms with Gasteiger partial charge in [-0.05, 0) is 36.6 Å². The number of ether oxygens (including phenoxy) is 2. The van der Waals surface area contributed by atoms with Crippen molar-refractivity contribution >= 4 is 11.6 Å². The van der Waals surface area contributed by atoms with Crippen LogP contribution in [0.4, 0.5) is 5.69 Å². The van der Waals surface area contributed by atoms with Crippen LogP contribution in [-0.4, -0.2) is 12.7 Å². The Balaban J connectivity index is 1.88. The molecule has 4 heteroatoms. The molecule has 2 heterocycles. The van der Waals surface area contributed by atoms with Gasteiger partial charge in [0.2, 0.25) is 12.7 Å². The summed E-state index contributed by atoms with van der Waals surface area (Å²) < 4.78 is 10.9. The Morgan fingerprint density at radius 2 is 1.82 bits per heavy atom. The molecule has 0 fully saturated rings. The Morgan fingerprint density at radius 3 is 2.64 bits per heavy atom. The highest BCUT2D eigenvalue weighted by Crippen LogP contribution is 2.45. The summed E-state index contributed by atoms with van der Waals surface area (Å²) >= 11 is 0. The maximum atomic E-state index is 12.1. The van der Waals surface area contributed by atoms with Crippen molar-refractivity contribution in [3.05, 3.63) is 52.6 Å². The van der Waals surface area contributed by atoms with Gasteiger partial charge >= 0.3 is 0 Å². The third-order valence-corrected chi connectivity index (χ3v) is 4.39. The van der Waals surface area contributed by atoms with Crippen LogP contribution in [-0.2, 0) is 4.79 Å². The molecule has 2 aromatic carbocycles. The average Bonchev–Trinajstić information content (AvgIpc) is 2.94. The van der Waals surface area contributed by atoms with E-state index in [2.05, 4.69) is 37.4 Å². The van der Waals surface area contributed by atoms with E-state index in [0.717, 1.165) is 17.0 Å². The third-order valence-electron chi connectivity index (χ3n) is 4.39. The second-order valence-electron chi connectivity index (χ2n) is 5.96. The summed E-state index contributed by atoms with van der Waals surface area (Å²) in [5.41, 5.74) is 5.53. The smallest absolute Gasteiger partial charge is 0.231 e.